The van der Waals surface area contributed by atoms with Gasteiger partial charge < -0.3 is 19.7 Å². The molecular formula is C54H92N2O4. The molecule has 6 heteroatoms. The number of benzene rings is 2. The van der Waals surface area contributed by atoms with E-state index < -0.39 is 0 Å². The van der Waals surface area contributed by atoms with Crippen molar-refractivity contribution < 1.29 is 19.7 Å². The quantitative estimate of drug-likeness (QED) is 0.0515. The third-order valence-corrected chi connectivity index (χ3v) is 11.8. The van der Waals surface area contributed by atoms with Crippen LogP contribution in [0.25, 0.3) is 0 Å². The van der Waals surface area contributed by atoms with Crippen LogP contribution in [0.3, 0.4) is 0 Å². The second-order valence-corrected chi connectivity index (χ2v) is 17.5. The average molecular weight is 833 g/mol. The van der Waals surface area contributed by atoms with Gasteiger partial charge in [0, 0.05) is 48.8 Å². The van der Waals surface area contributed by atoms with Gasteiger partial charge in [0.15, 0.2) is 0 Å². The van der Waals surface area contributed by atoms with Crippen LogP contribution in [-0.4, -0.2) is 48.9 Å². The van der Waals surface area contributed by atoms with E-state index in [1.165, 1.54) is 193 Å². The van der Waals surface area contributed by atoms with Gasteiger partial charge in [0.25, 0.3) is 0 Å². The van der Waals surface area contributed by atoms with E-state index >= 15 is 0 Å². The summed E-state index contributed by atoms with van der Waals surface area (Å²) in [4.78, 5) is 9.01. The smallest absolute Gasteiger partial charge is 0.128 e. The minimum atomic E-state index is 0.198. The van der Waals surface area contributed by atoms with E-state index in [0.29, 0.717) is 48.9 Å². The van der Waals surface area contributed by atoms with Crippen molar-refractivity contribution in [3.05, 3.63) is 47.5 Å². The first-order chi connectivity index (χ1) is 29.6. The van der Waals surface area contributed by atoms with Gasteiger partial charge in [0.05, 0.1) is 13.2 Å². The molecule has 342 valence electrons. The fourth-order valence-corrected chi connectivity index (χ4v) is 7.86. The van der Waals surface area contributed by atoms with Gasteiger partial charge in [-0.2, -0.15) is 0 Å². The molecule has 2 aromatic rings. The van der Waals surface area contributed by atoms with E-state index in [0.717, 1.165) is 25.7 Å². The molecule has 2 rings (SSSR count). The Balaban J connectivity index is 1.41. The molecule has 0 aromatic heterocycles. The molecule has 0 heterocycles. The Hall–Kier alpha value is -3.02. The van der Waals surface area contributed by atoms with Crippen LogP contribution < -0.4 is 9.47 Å². The zero-order valence-electron chi connectivity index (χ0n) is 39.1. The average Bonchev–Trinajstić information content (AvgIpc) is 3.25. The molecule has 0 amide bonds. The molecular weight excluding hydrogens is 741 g/mol. The molecule has 0 bridgehead atoms. The van der Waals surface area contributed by atoms with Gasteiger partial charge in [-0.05, 0) is 49.9 Å². The van der Waals surface area contributed by atoms with Crippen LogP contribution in [0.15, 0.2) is 46.4 Å². The van der Waals surface area contributed by atoms with E-state index in [-0.39, 0.29) is 11.5 Å². The Kier molecular flexibility index (Phi) is 35.5. The van der Waals surface area contributed by atoms with Gasteiger partial charge in [-0.15, -0.1) is 0 Å². The topological polar surface area (TPSA) is 83.6 Å². The van der Waals surface area contributed by atoms with Crippen molar-refractivity contribution in [2.24, 2.45) is 9.98 Å². The number of hydrogen-bond donors (Lipinski definition) is 2. The second-order valence-electron chi connectivity index (χ2n) is 17.5. The summed E-state index contributed by atoms with van der Waals surface area (Å²) < 4.78 is 11.8. The summed E-state index contributed by atoms with van der Waals surface area (Å²) in [6.07, 6.45) is 48.8. The maximum Gasteiger partial charge on any atom is 0.128 e. The number of rotatable bonds is 43. The Morgan fingerprint density at radius 3 is 0.900 bits per heavy atom. The van der Waals surface area contributed by atoms with Crippen molar-refractivity contribution in [2.75, 3.05) is 26.3 Å². The molecule has 6 nitrogen and oxygen atoms in total. The molecule has 0 atom stereocenters. The highest BCUT2D eigenvalue weighted by Crippen LogP contribution is 2.24. The lowest BCUT2D eigenvalue weighted by molar-refractivity contribution is 0.302. The van der Waals surface area contributed by atoms with E-state index in [9.17, 15) is 10.2 Å². The van der Waals surface area contributed by atoms with Crippen LogP contribution in [0, 0.1) is 0 Å². The van der Waals surface area contributed by atoms with E-state index in [1.54, 1.807) is 24.6 Å². The van der Waals surface area contributed by atoms with Gasteiger partial charge in [-0.3, -0.25) is 9.98 Å². The first-order valence-electron chi connectivity index (χ1n) is 25.5. The zero-order valence-corrected chi connectivity index (χ0v) is 39.1. The minimum absolute atomic E-state index is 0.198. The fraction of sp³-hybridized carbons (Fsp3) is 0.741. The monoisotopic (exact) mass is 833 g/mol. The number of phenolic OH excluding ortho intramolecular Hbond substituents is 2. The molecule has 0 aliphatic carbocycles. The van der Waals surface area contributed by atoms with Crippen molar-refractivity contribution in [1.29, 1.82) is 0 Å². The summed E-state index contributed by atoms with van der Waals surface area (Å²) >= 11 is 0. The van der Waals surface area contributed by atoms with Crippen molar-refractivity contribution in [1.82, 2.24) is 0 Å². The predicted octanol–water partition coefficient (Wildman–Crippen LogP) is 16.7. The molecule has 0 saturated heterocycles. The fourth-order valence-electron chi connectivity index (χ4n) is 7.86. The second kappa shape index (κ2) is 40.1. The Morgan fingerprint density at radius 2 is 0.633 bits per heavy atom. The zero-order chi connectivity index (χ0) is 42.8. The molecule has 2 aromatic carbocycles. The summed E-state index contributed by atoms with van der Waals surface area (Å²) in [5, 5.41) is 21.0. The molecule has 0 unspecified atom stereocenters. The highest BCUT2D eigenvalue weighted by Gasteiger charge is 2.04. The molecule has 0 fully saturated rings. The van der Waals surface area contributed by atoms with Crippen molar-refractivity contribution in [3.63, 3.8) is 0 Å². The molecule has 60 heavy (non-hydrogen) atoms. The lowest BCUT2D eigenvalue weighted by Gasteiger charge is -2.08. The Bertz CT molecular complexity index is 1210. The first-order valence-corrected chi connectivity index (χ1v) is 25.5. The van der Waals surface area contributed by atoms with Crippen LogP contribution in [0.1, 0.15) is 243 Å². The third-order valence-electron chi connectivity index (χ3n) is 11.8. The molecule has 0 aliphatic heterocycles. The molecule has 0 radical (unpaired) electrons. The van der Waals surface area contributed by atoms with Crippen LogP contribution in [0.2, 0.25) is 0 Å². The van der Waals surface area contributed by atoms with Crippen molar-refractivity contribution in [3.8, 4) is 23.0 Å². The van der Waals surface area contributed by atoms with E-state index in [2.05, 4.69) is 23.8 Å². The molecule has 0 saturated carbocycles. The number of aliphatic imine (C=N–C) groups is 2. The minimum Gasteiger partial charge on any atom is -0.507 e. The summed E-state index contributed by atoms with van der Waals surface area (Å²) in [5.74, 6) is 1.82. The Morgan fingerprint density at radius 1 is 0.367 bits per heavy atom. The van der Waals surface area contributed by atoms with Gasteiger partial charge >= 0.3 is 0 Å². The van der Waals surface area contributed by atoms with Crippen LogP contribution in [0.4, 0.5) is 0 Å². The normalized spacial score (nSPS) is 11.7. The number of phenols is 2. The number of nitrogens with zero attached hydrogens (tertiary/aromatic N) is 2. The Labute approximate surface area is 369 Å². The van der Waals surface area contributed by atoms with E-state index in [1.807, 2.05) is 24.3 Å². The van der Waals surface area contributed by atoms with Crippen LogP contribution in [-0.2, 0) is 0 Å². The largest absolute Gasteiger partial charge is 0.507 e. The summed E-state index contributed by atoms with van der Waals surface area (Å²) in [6.45, 7) is 7.29. The summed E-state index contributed by atoms with van der Waals surface area (Å²) in [7, 11) is 0. The number of hydrogen-bond acceptors (Lipinski definition) is 6. The van der Waals surface area contributed by atoms with Crippen molar-refractivity contribution >= 4 is 12.4 Å². The lowest BCUT2D eigenvalue weighted by Crippen LogP contribution is -1.98. The van der Waals surface area contributed by atoms with Gasteiger partial charge in [-0.25, -0.2) is 0 Å². The third kappa shape index (κ3) is 30.9. The van der Waals surface area contributed by atoms with Crippen molar-refractivity contribution in [2.45, 2.75) is 232 Å². The van der Waals surface area contributed by atoms with E-state index in [4.69, 9.17) is 9.47 Å². The highest BCUT2D eigenvalue weighted by molar-refractivity contribution is 5.84. The standard InChI is InChI=1S/C54H92N2O4/c1-3-5-7-9-11-13-15-17-19-21-23-25-27-29-31-35-43-59-51-39-37-49(53(57)45-51)47-55-41-33-34-42-56-48-50-38-40-52(46-54(50)58)60-44-36-32-30-28-26-24-22-20-18-16-14-12-10-8-6-4-2/h37-40,45-48,57-58H,3-36,41-44H2,1-2H3. The van der Waals surface area contributed by atoms with Crippen LogP contribution >= 0.6 is 0 Å². The maximum absolute atomic E-state index is 10.5. The van der Waals surface area contributed by atoms with Gasteiger partial charge in [-0.1, -0.05) is 206 Å². The number of unbranched alkanes of at least 4 members (excludes halogenated alkanes) is 31. The summed E-state index contributed by atoms with van der Waals surface area (Å²) in [6, 6.07) is 11.0. The molecule has 0 aliphatic rings. The summed E-state index contributed by atoms with van der Waals surface area (Å²) in [5.41, 5.74) is 1.41. The van der Waals surface area contributed by atoms with Crippen LogP contribution in [0.5, 0.6) is 23.0 Å². The lowest BCUT2D eigenvalue weighted by atomic mass is 10.0. The number of ether oxygens (including phenoxy) is 2. The highest BCUT2D eigenvalue weighted by atomic mass is 16.5. The first kappa shape index (κ1) is 53.1. The molecule has 0 spiro atoms. The maximum atomic E-state index is 10.5. The van der Waals surface area contributed by atoms with Gasteiger partial charge in [0.2, 0.25) is 0 Å². The number of aromatic hydroxyl groups is 2. The SMILES string of the molecule is CCCCCCCCCCCCCCCCCCOc1ccc(C=NCCCCN=Cc2ccc(OCCCCCCCCCCCCCCCCCC)cc2O)c(O)c1. The predicted molar refractivity (Wildman–Crippen MR) is 260 cm³/mol. The van der Waals surface area contributed by atoms with Gasteiger partial charge in [0.1, 0.15) is 23.0 Å². The molecule has 2 N–H and O–H groups in total.